The fourth-order valence-electron chi connectivity index (χ4n) is 2.06. The number of H-pyrrole nitrogens is 2. The summed E-state index contributed by atoms with van der Waals surface area (Å²) in [6.07, 6.45) is 0.217. The van der Waals surface area contributed by atoms with Gasteiger partial charge in [0.05, 0.1) is 0 Å². The number of halogens is 1. The third kappa shape index (κ3) is 1.93. The van der Waals surface area contributed by atoms with Gasteiger partial charge >= 0.3 is 5.69 Å². The van der Waals surface area contributed by atoms with Crippen LogP contribution in [0.5, 0.6) is 0 Å². The zero-order valence-corrected chi connectivity index (χ0v) is 10.6. The summed E-state index contributed by atoms with van der Waals surface area (Å²) in [5.41, 5.74) is -0.140. The minimum absolute atomic E-state index is 0.207. The van der Waals surface area contributed by atoms with Crippen LogP contribution in [0.25, 0.3) is 11.2 Å². The maximum absolute atomic E-state index is 13.6. The van der Waals surface area contributed by atoms with Crippen molar-refractivity contribution in [1.82, 2.24) is 19.5 Å². The molecule has 0 saturated carbocycles. The van der Waals surface area contributed by atoms with E-state index in [0.29, 0.717) is 11.4 Å². The zero-order valence-electron chi connectivity index (χ0n) is 10.6. The van der Waals surface area contributed by atoms with Crippen LogP contribution in [0.4, 0.5) is 4.39 Å². The Bertz CT molecular complexity index is 907. The molecule has 0 bridgehead atoms. The Balaban J connectivity index is 2.13. The Kier molecular flexibility index (Phi) is 2.74. The van der Waals surface area contributed by atoms with Crippen molar-refractivity contribution in [3.63, 3.8) is 0 Å². The smallest absolute Gasteiger partial charge is 0.329 e. The molecule has 3 rings (SSSR count). The second-order valence-electron chi connectivity index (χ2n) is 4.47. The monoisotopic (exact) mass is 274 g/mol. The molecule has 20 heavy (non-hydrogen) atoms. The van der Waals surface area contributed by atoms with E-state index in [2.05, 4.69) is 15.0 Å². The van der Waals surface area contributed by atoms with E-state index in [4.69, 9.17) is 0 Å². The predicted molar refractivity (Wildman–Crippen MR) is 71.2 cm³/mol. The van der Waals surface area contributed by atoms with E-state index in [1.807, 2.05) is 0 Å². The highest BCUT2D eigenvalue weighted by Crippen LogP contribution is 2.12. The highest BCUT2D eigenvalue weighted by atomic mass is 19.1. The normalized spacial score (nSPS) is 11.1. The molecular formula is C13H11FN4O2. The molecule has 7 heteroatoms. The van der Waals surface area contributed by atoms with Gasteiger partial charge in [0.1, 0.15) is 17.2 Å². The van der Waals surface area contributed by atoms with Gasteiger partial charge in [-0.1, -0.05) is 18.2 Å². The van der Waals surface area contributed by atoms with Crippen LogP contribution in [0.15, 0.2) is 33.9 Å². The molecule has 0 amide bonds. The molecule has 102 valence electrons. The summed E-state index contributed by atoms with van der Waals surface area (Å²) in [6.45, 7) is 0. The maximum atomic E-state index is 13.6. The molecule has 0 radical (unpaired) electrons. The molecule has 2 aromatic heterocycles. The molecule has 0 spiro atoms. The number of fused-ring (bicyclic) bond motifs is 1. The highest BCUT2D eigenvalue weighted by Gasteiger charge is 2.12. The van der Waals surface area contributed by atoms with Gasteiger partial charge in [0, 0.05) is 13.5 Å². The third-order valence-corrected chi connectivity index (χ3v) is 3.12. The summed E-state index contributed by atoms with van der Waals surface area (Å²) >= 11 is 0. The fraction of sp³-hybridized carbons (Fsp3) is 0.154. The second kappa shape index (κ2) is 4.44. The van der Waals surface area contributed by atoms with E-state index in [1.165, 1.54) is 17.7 Å². The van der Waals surface area contributed by atoms with Crippen LogP contribution in [-0.4, -0.2) is 19.5 Å². The third-order valence-electron chi connectivity index (χ3n) is 3.12. The Morgan fingerprint density at radius 1 is 1.25 bits per heavy atom. The number of rotatable bonds is 2. The number of aryl methyl sites for hydroxylation is 1. The lowest BCUT2D eigenvalue weighted by Crippen LogP contribution is -2.28. The Morgan fingerprint density at radius 3 is 2.75 bits per heavy atom. The van der Waals surface area contributed by atoms with E-state index in [9.17, 15) is 14.0 Å². The van der Waals surface area contributed by atoms with Crippen LogP contribution >= 0.6 is 0 Å². The van der Waals surface area contributed by atoms with Crippen molar-refractivity contribution in [3.05, 3.63) is 62.3 Å². The van der Waals surface area contributed by atoms with E-state index >= 15 is 0 Å². The Morgan fingerprint density at radius 2 is 2.00 bits per heavy atom. The molecule has 3 aromatic rings. The number of hydrogen-bond donors (Lipinski definition) is 2. The lowest BCUT2D eigenvalue weighted by Gasteiger charge is -1.99. The van der Waals surface area contributed by atoms with Gasteiger partial charge in [-0.2, -0.15) is 0 Å². The van der Waals surface area contributed by atoms with Crippen LogP contribution < -0.4 is 11.2 Å². The summed E-state index contributed by atoms with van der Waals surface area (Å²) in [5.74, 6) is 0.0903. The first-order valence-corrected chi connectivity index (χ1v) is 5.97. The van der Waals surface area contributed by atoms with Crippen molar-refractivity contribution < 1.29 is 4.39 Å². The summed E-state index contributed by atoms with van der Waals surface area (Å²) in [7, 11) is 1.51. The SMILES string of the molecule is Cn1c(=O)[nH]c(=O)c2[nH]c(Cc3ccccc3F)nc21. The van der Waals surface area contributed by atoms with Crippen LogP contribution in [0.1, 0.15) is 11.4 Å². The van der Waals surface area contributed by atoms with Gasteiger partial charge in [0.25, 0.3) is 5.56 Å². The van der Waals surface area contributed by atoms with Crippen molar-refractivity contribution in [2.45, 2.75) is 6.42 Å². The van der Waals surface area contributed by atoms with Crippen molar-refractivity contribution in [2.75, 3.05) is 0 Å². The lowest BCUT2D eigenvalue weighted by molar-refractivity contribution is 0.612. The molecule has 0 aliphatic rings. The van der Waals surface area contributed by atoms with Crippen molar-refractivity contribution in [1.29, 1.82) is 0 Å². The largest absolute Gasteiger partial charge is 0.336 e. The molecular weight excluding hydrogens is 263 g/mol. The van der Waals surface area contributed by atoms with Crippen LogP contribution in [0.3, 0.4) is 0 Å². The molecule has 0 aliphatic carbocycles. The minimum Gasteiger partial charge on any atom is -0.336 e. The Hall–Kier alpha value is -2.70. The standard InChI is InChI=1S/C13H11FN4O2/c1-18-11-10(12(19)17-13(18)20)15-9(16-11)6-7-4-2-3-5-8(7)14/h2-5H,6H2,1H3,(H,15,16)(H,17,19,20). The topological polar surface area (TPSA) is 83.5 Å². The van der Waals surface area contributed by atoms with E-state index in [1.54, 1.807) is 18.2 Å². The number of aromatic amines is 2. The molecule has 0 aliphatic heterocycles. The number of benzene rings is 1. The van der Waals surface area contributed by atoms with Crippen LogP contribution in [0, 0.1) is 5.82 Å². The first-order valence-electron chi connectivity index (χ1n) is 5.97. The molecule has 0 saturated heterocycles. The molecule has 0 atom stereocenters. The summed E-state index contributed by atoms with van der Waals surface area (Å²) in [6, 6.07) is 6.34. The van der Waals surface area contributed by atoms with Crippen molar-refractivity contribution >= 4 is 11.2 Å². The van der Waals surface area contributed by atoms with Crippen LogP contribution in [0.2, 0.25) is 0 Å². The number of nitrogens with one attached hydrogen (secondary N) is 2. The number of nitrogens with zero attached hydrogens (tertiary/aromatic N) is 2. The molecule has 0 fully saturated rings. The Labute approximate surface area is 111 Å². The highest BCUT2D eigenvalue weighted by molar-refractivity contribution is 5.69. The molecule has 1 aromatic carbocycles. The average Bonchev–Trinajstić information content (AvgIpc) is 2.83. The van der Waals surface area contributed by atoms with Crippen molar-refractivity contribution in [3.8, 4) is 0 Å². The zero-order chi connectivity index (χ0) is 14.3. The number of aromatic nitrogens is 4. The van der Waals surface area contributed by atoms with Gasteiger partial charge in [-0.25, -0.2) is 14.2 Å². The number of hydrogen-bond acceptors (Lipinski definition) is 3. The van der Waals surface area contributed by atoms with Gasteiger partial charge in [0.15, 0.2) is 5.65 Å². The van der Waals surface area contributed by atoms with Gasteiger partial charge in [-0.15, -0.1) is 0 Å². The van der Waals surface area contributed by atoms with Crippen LogP contribution in [-0.2, 0) is 13.5 Å². The predicted octanol–water partition coefficient (Wildman–Crippen LogP) is 0.680. The first kappa shape index (κ1) is 12.3. The fourth-order valence-corrected chi connectivity index (χ4v) is 2.06. The second-order valence-corrected chi connectivity index (χ2v) is 4.47. The lowest BCUT2D eigenvalue weighted by atomic mass is 10.1. The first-order chi connectivity index (χ1) is 9.56. The van der Waals surface area contributed by atoms with Gasteiger partial charge in [-0.05, 0) is 11.6 Å². The summed E-state index contributed by atoms with van der Waals surface area (Å²) in [4.78, 5) is 32.3. The minimum atomic E-state index is -0.536. The van der Waals surface area contributed by atoms with E-state index in [-0.39, 0.29) is 23.4 Å². The molecule has 2 N–H and O–H groups in total. The van der Waals surface area contributed by atoms with Gasteiger partial charge in [-0.3, -0.25) is 14.3 Å². The quantitative estimate of drug-likeness (QED) is 0.720. The van der Waals surface area contributed by atoms with Crippen molar-refractivity contribution in [2.24, 2.45) is 7.05 Å². The van der Waals surface area contributed by atoms with Gasteiger partial charge < -0.3 is 4.98 Å². The van der Waals surface area contributed by atoms with E-state index < -0.39 is 11.2 Å². The molecule has 6 nitrogen and oxygen atoms in total. The molecule has 2 heterocycles. The van der Waals surface area contributed by atoms with Gasteiger partial charge in [0.2, 0.25) is 0 Å². The summed E-state index contributed by atoms with van der Waals surface area (Å²) < 4.78 is 14.8. The average molecular weight is 274 g/mol. The maximum Gasteiger partial charge on any atom is 0.329 e. The number of imidazole rings is 1. The summed E-state index contributed by atoms with van der Waals surface area (Å²) in [5, 5.41) is 0. The molecule has 0 unspecified atom stereocenters. The van der Waals surface area contributed by atoms with E-state index in [0.717, 1.165) is 0 Å².